The van der Waals surface area contributed by atoms with E-state index in [1.807, 2.05) is 0 Å². The maximum absolute atomic E-state index is 12.4. The molecular weight excluding hydrogens is 338 g/mol. The van der Waals surface area contributed by atoms with Crippen LogP contribution in [0.4, 0.5) is 0 Å². The number of aromatic amines is 1. The van der Waals surface area contributed by atoms with E-state index in [9.17, 15) is 14.4 Å². The van der Waals surface area contributed by atoms with Gasteiger partial charge in [-0.2, -0.15) is 10.2 Å². The minimum Gasteiger partial charge on any atom is -0.306 e. The van der Waals surface area contributed by atoms with E-state index < -0.39 is 11.8 Å². The van der Waals surface area contributed by atoms with Crippen molar-refractivity contribution in [1.82, 2.24) is 35.6 Å². The summed E-state index contributed by atoms with van der Waals surface area (Å²) in [6.07, 6.45) is 2.73. The summed E-state index contributed by atoms with van der Waals surface area (Å²) < 4.78 is 1.45. The van der Waals surface area contributed by atoms with Gasteiger partial charge in [0.05, 0.1) is 17.1 Å². The SMILES string of the molecule is O=C(NNC(=O)c1cnn2c1[nH]c(=O)c1ccccc12)c1cccnn1. The molecule has 0 saturated heterocycles. The Morgan fingerprint density at radius 1 is 1.04 bits per heavy atom. The molecule has 2 amide bonds. The molecule has 0 saturated carbocycles. The maximum Gasteiger partial charge on any atom is 0.290 e. The molecule has 10 heteroatoms. The molecule has 3 aromatic heterocycles. The summed E-state index contributed by atoms with van der Waals surface area (Å²) in [5, 5.41) is 11.8. The van der Waals surface area contributed by atoms with Crippen molar-refractivity contribution in [2.75, 3.05) is 0 Å². The van der Waals surface area contributed by atoms with E-state index in [1.165, 1.54) is 23.0 Å². The Balaban J connectivity index is 1.64. The molecule has 1 aromatic carbocycles. The van der Waals surface area contributed by atoms with Crippen molar-refractivity contribution >= 4 is 28.4 Å². The Bertz CT molecular complexity index is 1200. The number of nitrogens with one attached hydrogen (secondary N) is 3. The van der Waals surface area contributed by atoms with E-state index in [0.717, 1.165) is 0 Å². The first-order valence-electron chi connectivity index (χ1n) is 7.52. The zero-order valence-corrected chi connectivity index (χ0v) is 13.1. The van der Waals surface area contributed by atoms with Crippen LogP contribution in [0.5, 0.6) is 0 Å². The minimum atomic E-state index is -0.636. The van der Waals surface area contributed by atoms with Gasteiger partial charge in [-0.15, -0.1) is 5.10 Å². The number of para-hydroxylation sites is 1. The third kappa shape index (κ3) is 2.55. The highest BCUT2D eigenvalue weighted by atomic mass is 16.2. The third-order valence-electron chi connectivity index (χ3n) is 3.72. The molecule has 10 nitrogen and oxygen atoms in total. The second-order valence-electron chi connectivity index (χ2n) is 5.31. The van der Waals surface area contributed by atoms with E-state index >= 15 is 0 Å². The molecule has 0 bridgehead atoms. The van der Waals surface area contributed by atoms with Gasteiger partial charge in [-0.25, -0.2) is 4.52 Å². The summed E-state index contributed by atoms with van der Waals surface area (Å²) in [6, 6.07) is 9.89. The quantitative estimate of drug-likeness (QED) is 0.438. The number of benzene rings is 1. The lowest BCUT2D eigenvalue weighted by molar-refractivity contribution is 0.0844. The summed E-state index contributed by atoms with van der Waals surface area (Å²) in [4.78, 5) is 39.1. The molecule has 4 aromatic rings. The summed E-state index contributed by atoms with van der Waals surface area (Å²) >= 11 is 0. The molecule has 128 valence electrons. The van der Waals surface area contributed by atoms with Gasteiger partial charge in [0.25, 0.3) is 17.4 Å². The van der Waals surface area contributed by atoms with Crippen LogP contribution in [-0.4, -0.2) is 36.6 Å². The summed E-state index contributed by atoms with van der Waals surface area (Å²) in [6.45, 7) is 0. The highest BCUT2D eigenvalue weighted by Crippen LogP contribution is 2.13. The molecule has 0 aliphatic carbocycles. The number of amides is 2. The topological polar surface area (TPSA) is 134 Å². The van der Waals surface area contributed by atoms with Crippen LogP contribution in [0.1, 0.15) is 20.8 Å². The number of carbonyl (C=O) groups excluding carboxylic acids is 2. The molecule has 0 radical (unpaired) electrons. The van der Waals surface area contributed by atoms with Crippen LogP contribution >= 0.6 is 0 Å². The van der Waals surface area contributed by atoms with Crippen molar-refractivity contribution < 1.29 is 9.59 Å². The highest BCUT2D eigenvalue weighted by Gasteiger charge is 2.17. The minimum absolute atomic E-state index is 0.0482. The van der Waals surface area contributed by atoms with Gasteiger partial charge in [0, 0.05) is 6.20 Å². The molecule has 3 heterocycles. The smallest absolute Gasteiger partial charge is 0.290 e. The van der Waals surface area contributed by atoms with Crippen LogP contribution in [0.15, 0.2) is 53.6 Å². The molecule has 4 rings (SSSR count). The Labute approximate surface area is 144 Å². The van der Waals surface area contributed by atoms with Crippen LogP contribution < -0.4 is 16.4 Å². The lowest BCUT2D eigenvalue weighted by atomic mass is 10.2. The van der Waals surface area contributed by atoms with E-state index in [1.54, 1.807) is 30.3 Å². The molecule has 0 fully saturated rings. The van der Waals surface area contributed by atoms with Crippen molar-refractivity contribution in [2.24, 2.45) is 0 Å². The van der Waals surface area contributed by atoms with Gasteiger partial charge in [0.1, 0.15) is 11.2 Å². The fourth-order valence-corrected chi connectivity index (χ4v) is 2.51. The molecule has 0 aliphatic rings. The Kier molecular flexibility index (Phi) is 3.62. The number of hydrogen-bond acceptors (Lipinski definition) is 6. The van der Waals surface area contributed by atoms with Crippen LogP contribution in [0, 0.1) is 0 Å². The highest BCUT2D eigenvalue weighted by molar-refractivity contribution is 6.02. The first kappa shape index (κ1) is 15.4. The zero-order chi connectivity index (χ0) is 18.1. The number of carbonyl (C=O) groups is 2. The Hall–Kier alpha value is -4.08. The van der Waals surface area contributed by atoms with Gasteiger partial charge in [-0.1, -0.05) is 12.1 Å². The number of nitrogens with zero attached hydrogens (tertiary/aromatic N) is 4. The first-order valence-corrected chi connectivity index (χ1v) is 7.52. The van der Waals surface area contributed by atoms with Crippen LogP contribution in [0.2, 0.25) is 0 Å². The second-order valence-corrected chi connectivity index (χ2v) is 5.31. The van der Waals surface area contributed by atoms with Gasteiger partial charge in [0.15, 0.2) is 5.69 Å². The summed E-state index contributed by atoms with van der Waals surface area (Å²) in [5.74, 6) is -1.26. The van der Waals surface area contributed by atoms with Crippen molar-refractivity contribution in [2.45, 2.75) is 0 Å². The van der Waals surface area contributed by atoms with Gasteiger partial charge in [-0.3, -0.25) is 25.2 Å². The molecule has 3 N–H and O–H groups in total. The number of H-pyrrole nitrogens is 1. The predicted molar refractivity (Wildman–Crippen MR) is 90.3 cm³/mol. The number of hydrazine groups is 1. The van der Waals surface area contributed by atoms with Crippen LogP contribution in [-0.2, 0) is 0 Å². The van der Waals surface area contributed by atoms with E-state index in [4.69, 9.17) is 0 Å². The van der Waals surface area contributed by atoms with Crippen LogP contribution in [0.3, 0.4) is 0 Å². The van der Waals surface area contributed by atoms with E-state index in [2.05, 4.69) is 31.1 Å². The molecule has 0 aliphatic heterocycles. The fourth-order valence-electron chi connectivity index (χ4n) is 2.51. The number of hydrogen-bond donors (Lipinski definition) is 3. The van der Waals surface area contributed by atoms with Gasteiger partial charge < -0.3 is 4.98 Å². The molecule has 26 heavy (non-hydrogen) atoms. The zero-order valence-electron chi connectivity index (χ0n) is 13.1. The van der Waals surface area contributed by atoms with E-state index in [-0.39, 0.29) is 22.5 Å². The lowest BCUT2D eigenvalue weighted by Crippen LogP contribution is -2.42. The maximum atomic E-state index is 12.4. The Morgan fingerprint density at radius 3 is 2.65 bits per heavy atom. The largest absolute Gasteiger partial charge is 0.306 e. The van der Waals surface area contributed by atoms with Crippen molar-refractivity contribution in [3.05, 3.63) is 70.4 Å². The lowest BCUT2D eigenvalue weighted by Gasteiger charge is -2.06. The first-order chi connectivity index (χ1) is 12.6. The Morgan fingerprint density at radius 2 is 1.85 bits per heavy atom. The van der Waals surface area contributed by atoms with Crippen molar-refractivity contribution in [3.8, 4) is 0 Å². The van der Waals surface area contributed by atoms with Crippen molar-refractivity contribution in [1.29, 1.82) is 0 Å². The van der Waals surface area contributed by atoms with Gasteiger partial charge in [-0.05, 0) is 24.3 Å². The number of fused-ring (bicyclic) bond motifs is 3. The van der Waals surface area contributed by atoms with Crippen molar-refractivity contribution in [3.63, 3.8) is 0 Å². The second kappa shape index (κ2) is 6.09. The monoisotopic (exact) mass is 349 g/mol. The summed E-state index contributed by atoms with van der Waals surface area (Å²) in [7, 11) is 0. The van der Waals surface area contributed by atoms with Crippen LogP contribution in [0.25, 0.3) is 16.6 Å². The number of rotatable bonds is 2. The fraction of sp³-hybridized carbons (Fsp3) is 0. The standard InChI is InChI=1S/C16H11N7O3/c24-14-9-4-1-2-6-12(9)23-13(19-14)10(8-18-23)15(25)21-22-16(26)11-5-3-7-17-20-11/h1-8H,(H,19,24)(H,21,25)(H,22,26). The third-order valence-corrected chi connectivity index (χ3v) is 3.72. The average Bonchev–Trinajstić information content (AvgIpc) is 3.11. The number of aromatic nitrogens is 5. The molecule has 0 unspecified atom stereocenters. The van der Waals surface area contributed by atoms with Gasteiger partial charge >= 0.3 is 0 Å². The molecule has 0 atom stereocenters. The normalized spacial score (nSPS) is 10.8. The van der Waals surface area contributed by atoms with Gasteiger partial charge in [0.2, 0.25) is 0 Å². The predicted octanol–water partition coefficient (Wildman–Crippen LogP) is 0.0406. The average molecular weight is 349 g/mol. The molecule has 0 spiro atoms. The van der Waals surface area contributed by atoms with E-state index in [0.29, 0.717) is 10.9 Å². The summed E-state index contributed by atoms with van der Waals surface area (Å²) in [5.41, 5.74) is 5.09. The molecular formula is C16H11N7O3.